The van der Waals surface area contributed by atoms with Crippen molar-refractivity contribution in [1.82, 2.24) is 69.1 Å². The molecule has 0 aliphatic heterocycles. The molecule has 0 bridgehead atoms. The van der Waals surface area contributed by atoms with Crippen molar-refractivity contribution in [3.63, 3.8) is 0 Å². The zero-order chi connectivity index (χ0) is 71.3. The molecule has 0 aliphatic carbocycles. The van der Waals surface area contributed by atoms with Crippen LogP contribution in [-0.2, 0) is 67.1 Å². The van der Waals surface area contributed by atoms with Crippen LogP contribution in [0.5, 0.6) is 0 Å². The van der Waals surface area contributed by atoms with Gasteiger partial charge < -0.3 is 146 Å². The molecule has 0 aromatic heterocycles. The van der Waals surface area contributed by atoms with E-state index in [0.29, 0.717) is 0 Å². The van der Waals surface area contributed by atoms with Crippen LogP contribution in [0, 0.1) is 5.92 Å². The average Bonchev–Trinajstić information content (AvgIpc) is 1.11. The van der Waals surface area contributed by atoms with Gasteiger partial charge in [-0.05, 0) is 48.5 Å². The van der Waals surface area contributed by atoms with Crippen molar-refractivity contribution in [2.75, 3.05) is 46.2 Å². The van der Waals surface area contributed by atoms with Crippen LogP contribution in [-0.4, -0.2) is 327 Å². The summed E-state index contributed by atoms with van der Waals surface area (Å²) in [5.41, 5.74) is 0. The van der Waals surface area contributed by atoms with Gasteiger partial charge in [0.05, 0.1) is 94.9 Å². The summed E-state index contributed by atoms with van der Waals surface area (Å²) in [4.78, 5) is 182. The second kappa shape index (κ2) is 40.8. The molecule has 0 fully saturated rings. The predicted molar refractivity (Wildman–Crippen MR) is 303 cm³/mol. The van der Waals surface area contributed by atoms with Gasteiger partial charge in [0.25, 0.3) is 0 Å². The normalized spacial score (nSPS) is 18.2. The fourth-order valence-corrected chi connectivity index (χ4v) is 7.46. The van der Waals surface area contributed by atoms with E-state index >= 15 is 0 Å². The predicted octanol–water partition coefficient (Wildman–Crippen LogP) is -17.4. The maximum absolute atomic E-state index is 13.5. The van der Waals surface area contributed by atoms with E-state index in [1.165, 1.54) is 6.92 Å². The first-order chi connectivity index (χ1) is 42.7. The van der Waals surface area contributed by atoms with Crippen molar-refractivity contribution in [2.24, 2.45) is 5.92 Å². The standard InChI is InChI=1S/C50H87N13O29/c1-16(9-64)37(78)57-30(17(2)71)44(85)51-24(10-65)38(79)58-31(18(3)72)45(86)52-25(11-66)39(80)59-32(19(4)73)46(87)53-26(12-67)40(81)60-33(20(5)74)47(88)54-27(13-68)41(82)61-34(21(6)75)48(89)55-28(14-69)42(83)62-35(22(7)76)49(90)56-29(15-70)43(84)63-36(23(8)77)50(91)92/h16-36,64-77H,9-15H2,1-8H3,(H,51,85)(H,52,86)(H,53,87)(H,54,88)(H,55,89)(H,56,90)(H,57,78)(H,58,79)(H,59,80)(H,60,81)(H,61,82)(H,62,83)(H,63,84)(H,91,92). The number of rotatable bonds is 41. The second-order valence-corrected chi connectivity index (χ2v) is 21.0. The quantitative estimate of drug-likeness (QED) is 0.0270. The highest BCUT2D eigenvalue weighted by Gasteiger charge is 2.40. The summed E-state index contributed by atoms with van der Waals surface area (Å²) in [6.45, 7) is -0.174. The number of aliphatic carboxylic acids is 1. The molecule has 0 rings (SSSR count). The lowest BCUT2D eigenvalue weighted by Crippen LogP contribution is -2.65. The van der Waals surface area contributed by atoms with E-state index in [1.54, 1.807) is 0 Å². The molecule has 0 radical (unpaired) electrons. The van der Waals surface area contributed by atoms with E-state index in [2.05, 4.69) is 5.32 Å². The van der Waals surface area contributed by atoms with E-state index < -0.39 is 256 Å². The van der Waals surface area contributed by atoms with Crippen LogP contribution in [0.4, 0.5) is 0 Å². The van der Waals surface area contributed by atoms with Crippen LogP contribution in [0.15, 0.2) is 0 Å². The SMILES string of the molecule is CC(CO)C(=O)NC(C(=O)NC(CO)C(=O)NC(C(=O)NC(CO)C(=O)NC(C(=O)NC(CO)C(=O)NC(C(=O)NC(CO)C(=O)NC(C(=O)NC(CO)C(=O)NC(C(=O)NC(CO)C(=O)NC(C(=O)O)C(C)O)C(C)O)C(C)O)C(C)O)C(C)O)C(C)O)C(C)O. The van der Waals surface area contributed by atoms with E-state index in [-0.39, 0.29) is 0 Å². The first kappa shape index (κ1) is 84.0. The number of carbonyl (C=O) groups is 14. The Bertz CT molecular complexity index is 2530. The molecule has 0 aliphatic rings. The van der Waals surface area contributed by atoms with Gasteiger partial charge in [-0.3, -0.25) is 62.3 Å². The van der Waals surface area contributed by atoms with Crippen LogP contribution in [0.2, 0.25) is 0 Å². The third-order valence-corrected chi connectivity index (χ3v) is 13.0. The largest absolute Gasteiger partial charge is 0.480 e. The van der Waals surface area contributed by atoms with E-state index in [4.69, 9.17) is 0 Å². The number of amides is 13. The van der Waals surface area contributed by atoms with Gasteiger partial charge in [-0.25, -0.2) is 4.79 Å². The highest BCUT2D eigenvalue weighted by Crippen LogP contribution is 2.07. The molecule has 92 heavy (non-hydrogen) atoms. The van der Waals surface area contributed by atoms with Crippen molar-refractivity contribution in [3.8, 4) is 0 Å². The molecule has 28 N–H and O–H groups in total. The highest BCUT2D eigenvalue weighted by molar-refractivity contribution is 6.00. The topological polar surface area (TPSA) is 699 Å². The van der Waals surface area contributed by atoms with Crippen LogP contribution in [0.1, 0.15) is 55.4 Å². The fourth-order valence-electron chi connectivity index (χ4n) is 7.46. The smallest absolute Gasteiger partial charge is 0.328 e. The molecule has 0 saturated carbocycles. The summed E-state index contributed by atoms with van der Waals surface area (Å²) in [7, 11) is 0. The summed E-state index contributed by atoms with van der Waals surface area (Å²) in [5.74, 6) is -20.6. The van der Waals surface area contributed by atoms with Gasteiger partial charge in [-0.2, -0.15) is 0 Å². The lowest BCUT2D eigenvalue weighted by molar-refractivity contribution is -0.145. The first-order valence-corrected chi connectivity index (χ1v) is 28.0. The molecule has 42 nitrogen and oxygen atoms in total. The Balaban J connectivity index is 6.17. The summed E-state index contributed by atoms with van der Waals surface area (Å²) >= 11 is 0. The lowest BCUT2D eigenvalue weighted by atomic mass is 10.1. The first-order valence-electron chi connectivity index (χ1n) is 28.0. The third-order valence-electron chi connectivity index (χ3n) is 13.0. The Morgan fingerprint density at radius 1 is 0.217 bits per heavy atom. The highest BCUT2D eigenvalue weighted by atomic mass is 16.4. The Labute approximate surface area is 523 Å². The minimum Gasteiger partial charge on any atom is -0.480 e. The molecule has 526 valence electrons. The minimum atomic E-state index is -2.15. The summed E-state index contributed by atoms with van der Waals surface area (Å²) < 4.78 is 0. The summed E-state index contributed by atoms with van der Waals surface area (Å²) in [6, 6.07) is -26.4. The third kappa shape index (κ3) is 26.7. The molecule has 42 heteroatoms. The number of aliphatic hydroxyl groups is 14. The van der Waals surface area contributed by atoms with Gasteiger partial charge in [-0.1, -0.05) is 6.92 Å². The zero-order valence-electron chi connectivity index (χ0n) is 51.0. The summed E-state index contributed by atoms with van der Waals surface area (Å²) in [6.07, 6.45) is -12.7. The molecule has 0 aromatic carbocycles. The fraction of sp³-hybridized carbons (Fsp3) is 0.720. The molecular weight excluding hydrogens is 1250 g/mol. The summed E-state index contributed by atoms with van der Waals surface area (Å²) in [5, 5.41) is 176. The lowest BCUT2D eigenvalue weighted by Gasteiger charge is -2.29. The van der Waals surface area contributed by atoms with Crippen molar-refractivity contribution in [1.29, 1.82) is 0 Å². The number of carboxylic acid groups (broad SMARTS) is 1. The van der Waals surface area contributed by atoms with Crippen LogP contribution < -0.4 is 69.1 Å². The number of nitrogens with one attached hydrogen (secondary N) is 13. The average molecular weight is 1330 g/mol. The van der Waals surface area contributed by atoms with Gasteiger partial charge in [0.15, 0.2) is 6.04 Å². The zero-order valence-corrected chi connectivity index (χ0v) is 51.0. The van der Waals surface area contributed by atoms with Gasteiger partial charge in [0, 0.05) is 0 Å². The van der Waals surface area contributed by atoms with Crippen molar-refractivity contribution >= 4 is 82.8 Å². The van der Waals surface area contributed by atoms with Crippen molar-refractivity contribution in [3.05, 3.63) is 0 Å². The molecular formula is C50H87N13O29. The molecule has 13 amide bonds. The Hall–Kier alpha value is -7.98. The monoisotopic (exact) mass is 1330 g/mol. The molecule has 0 saturated heterocycles. The van der Waals surface area contributed by atoms with Gasteiger partial charge in [-0.15, -0.1) is 0 Å². The van der Waals surface area contributed by atoms with E-state index in [9.17, 15) is 144 Å². The van der Waals surface area contributed by atoms with Crippen LogP contribution >= 0.6 is 0 Å². The van der Waals surface area contributed by atoms with E-state index in [1.807, 2.05) is 63.8 Å². The Morgan fingerprint density at radius 3 is 0.478 bits per heavy atom. The molecule has 0 spiro atoms. The van der Waals surface area contributed by atoms with Crippen molar-refractivity contribution < 1.29 is 144 Å². The number of hydrogen-bond donors (Lipinski definition) is 28. The molecule has 0 heterocycles. The van der Waals surface area contributed by atoms with Gasteiger partial charge in [0.1, 0.15) is 72.5 Å². The molecule has 21 unspecified atom stereocenters. The maximum Gasteiger partial charge on any atom is 0.328 e. The number of carboxylic acids is 1. The molecule has 21 atom stereocenters. The van der Waals surface area contributed by atoms with Crippen molar-refractivity contribution in [2.45, 2.75) is 177 Å². The van der Waals surface area contributed by atoms with Crippen LogP contribution in [0.3, 0.4) is 0 Å². The molecule has 0 aromatic rings. The Morgan fingerprint density at radius 2 is 0.359 bits per heavy atom. The van der Waals surface area contributed by atoms with Crippen LogP contribution in [0.25, 0.3) is 0 Å². The number of hydrogen-bond acceptors (Lipinski definition) is 28. The number of carbonyl (C=O) groups excluding carboxylic acids is 13. The minimum absolute atomic E-state index is 0.641. The maximum atomic E-state index is 13.5. The van der Waals surface area contributed by atoms with Gasteiger partial charge >= 0.3 is 5.97 Å². The number of aliphatic hydroxyl groups excluding tert-OH is 14. The van der Waals surface area contributed by atoms with E-state index in [0.717, 1.165) is 48.5 Å². The van der Waals surface area contributed by atoms with Gasteiger partial charge in [0.2, 0.25) is 76.8 Å². The second-order valence-electron chi connectivity index (χ2n) is 21.0. The Kier molecular flexibility index (Phi) is 37.2.